The van der Waals surface area contributed by atoms with Crippen LogP contribution < -0.4 is 0 Å². The predicted octanol–water partition coefficient (Wildman–Crippen LogP) is 1.88. The maximum absolute atomic E-state index is 11.6. The summed E-state index contributed by atoms with van der Waals surface area (Å²) in [5.74, 6) is 0.00632. The lowest BCUT2D eigenvalue weighted by atomic mass is 9.33. The molecule has 5 aliphatic carbocycles. The lowest BCUT2D eigenvalue weighted by Gasteiger charge is -2.70. The monoisotopic (exact) mass is 400 g/mol. The minimum Gasteiger partial charge on any atom is -0.270 e. The predicted molar refractivity (Wildman–Crippen MR) is 97.1 cm³/mol. The molecular formula is C18H24O6S2. The highest BCUT2D eigenvalue weighted by atomic mass is 32.2. The summed E-state index contributed by atoms with van der Waals surface area (Å²) in [4.78, 5) is 0. The molecule has 26 heavy (non-hydrogen) atoms. The highest BCUT2D eigenvalue weighted by Crippen LogP contribution is 2.74. The van der Waals surface area contributed by atoms with Gasteiger partial charge in [0.25, 0.3) is 20.2 Å². The maximum Gasteiger partial charge on any atom is 0.264 e. The SMILES string of the molecule is CS(=O)(=O)OC[C@@H]1[C@H](COS(C)(=O)=O)[C@H]2C=C[C@H]1[C@@]13C=C[C@@]21CC=CC3. The van der Waals surface area contributed by atoms with Crippen LogP contribution in [0.3, 0.4) is 0 Å². The highest BCUT2D eigenvalue weighted by Gasteiger charge is 2.69. The first-order valence-corrected chi connectivity index (χ1v) is 12.4. The Morgan fingerprint density at radius 3 is 1.50 bits per heavy atom. The second-order valence-corrected chi connectivity index (χ2v) is 11.3. The quantitative estimate of drug-likeness (QED) is 0.500. The van der Waals surface area contributed by atoms with Crippen molar-refractivity contribution in [3.63, 3.8) is 0 Å². The van der Waals surface area contributed by atoms with E-state index in [4.69, 9.17) is 8.37 Å². The summed E-state index contributed by atoms with van der Waals surface area (Å²) in [7, 11) is -7.14. The van der Waals surface area contributed by atoms with E-state index in [1.807, 2.05) is 0 Å². The van der Waals surface area contributed by atoms with Crippen molar-refractivity contribution in [3.05, 3.63) is 36.5 Å². The van der Waals surface area contributed by atoms with Gasteiger partial charge in [-0.25, -0.2) is 0 Å². The summed E-state index contributed by atoms with van der Waals surface area (Å²) in [6.45, 7) is 0.106. The molecule has 0 aromatic carbocycles. The summed E-state index contributed by atoms with van der Waals surface area (Å²) in [6.07, 6.45) is 17.2. The van der Waals surface area contributed by atoms with Crippen LogP contribution in [-0.2, 0) is 28.6 Å². The first-order chi connectivity index (χ1) is 12.1. The van der Waals surface area contributed by atoms with E-state index in [1.54, 1.807) is 0 Å². The molecule has 6 atom stereocenters. The number of hydrogen-bond donors (Lipinski definition) is 0. The lowest BCUT2D eigenvalue weighted by molar-refractivity contribution is -0.130. The Morgan fingerprint density at radius 1 is 0.808 bits per heavy atom. The molecule has 144 valence electrons. The number of fused-ring (bicyclic) bond motifs is 1. The summed E-state index contributed by atoms with van der Waals surface area (Å²) < 4.78 is 56.5. The third-order valence-electron chi connectivity index (χ3n) is 6.76. The molecule has 0 radical (unpaired) electrons. The molecule has 6 nitrogen and oxygen atoms in total. The fourth-order valence-electron chi connectivity index (χ4n) is 5.72. The van der Waals surface area contributed by atoms with Crippen LogP contribution in [-0.4, -0.2) is 42.6 Å². The van der Waals surface area contributed by atoms with Crippen molar-refractivity contribution in [2.75, 3.05) is 25.7 Å². The standard InChI is InChI=1S/C18H24O6S2/c1-25(19,20)23-11-13-14(12-24-26(2,21)22)16-6-5-15(13)17-7-3-4-8-18(16,17)10-9-17/h3-6,9-10,13-16H,7-8,11-12H2,1-2H3/t13-,14+,15-,16-,17-,18+/m1/s1. The summed E-state index contributed by atoms with van der Waals surface area (Å²) in [6, 6.07) is 0. The highest BCUT2D eigenvalue weighted by molar-refractivity contribution is 7.86. The van der Waals surface area contributed by atoms with E-state index in [-0.39, 0.29) is 47.7 Å². The topological polar surface area (TPSA) is 86.7 Å². The zero-order valence-electron chi connectivity index (χ0n) is 14.9. The fraction of sp³-hybridized carbons (Fsp3) is 0.667. The van der Waals surface area contributed by atoms with Gasteiger partial charge >= 0.3 is 0 Å². The van der Waals surface area contributed by atoms with Gasteiger partial charge in [0.05, 0.1) is 25.7 Å². The van der Waals surface area contributed by atoms with Crippen LogP contribution in [0, 0.1) is 34.5 Å². The lowest BCUT2D eigenvalue weighted by Crippen LogP contribution is -2.66. The Hall–Kier alpha value is -0.960. The van der Waals surface area contributed by atoms with Gasteiger partial charge in [0.2, 0.25) is 0 Å². The van der Waals surface area contributed by atoms with E-state index in [2.05, 4.69) is 36.5 Å². The van der Waals surface area contributed by atoms with Crippen LogP contribution in [0.15, 0.2) is 36.5 Å². The number of rotatable bonds is 6. The average Bonchev–Trinajstić information content (AvgIpc) is 2.51. The van der Waals surface area contributed by atoms with Gasteiger partial charge in [0.1, 0.15) is 0 Å². The average molecular weight is 401 g/mol. The van der Waals surface area contributed by atoms with Crippen LogP contribution in [0.1, 0.15) is 12.8 Å². The van der Waals surface area contributed by atoms with E-state index in [1.165, 1.54) is 0 Å². The van der Waals surface area contributed by atoms with Gasteiger partial charge in [-0.3, -0.25) is 8.37 Å². The van der Waals surface area contributed by atoms with Crippen molar-refractivity contribution in [1.29, 1.82) is 0 Å². The van der Waals surface area contributed by atoms with E-state index < -0.39 is 20.2 Å². The summed E-state index contributed by atoms with van der Waals surface area (Å²) in [5.41, 5.74) is -0.0391. The van der Waals surface area contributed by atoms with Gasteiger partial charge in [-0.05, 0) is 36.5 Å². The van der Waals surface area contributed by atoms with Crippen molar-refractivity contribution in [2.45, 2.75) is 12.8 Å². The molecule has 2 bridgehead atoms. The van der Waals surface area contributed by atoms with Crippen molar-refractivity contribution in [3.8, 4) is 0 Å². The molecule has 1 saturated carbocycles. The first kappa shape index (κ1) is 18.4. The minimum atomic E-state index is -3.57. The zero-order valence-corrected chi connectivity index (χ0v) is 16.5. The molecule has 0 amide bonds. The van der Waals surface area contributed by atoms with Gasteiger partial charge in [-0.2, -0.15) is 16.8 Å². The molecule has 0 aromatic rings. The first-order valence-electron chi connectivity index (χ1n) is 8.81. The van der Waals surface area contributed by atoms with E-state index >= 15 is 0 Å². The Bertz CT molecular complexity index is 828. The van der Waals surface area contributed by atoms with Crippen molar-refractivity contribution in [1.82, 2.24) is 0 Å². The summed E-state index contributed by atoms with van der Waals surface area (Å²) in [5, 5.41) is 0. The molecule has 0 N–H and O–H groups in total. The third kappa shape index (κ3) is 2.65. The van der Waals surface area contributed by atoms with Crippen LogP contribution in [0.2, 0.25) is 0 Å². The van der Waals surface area contributed by atoms with Crippen LogP contribution in [0.5, 0.6) is 0 Å². The van der Waals surface area contributed by atoms with Gasteiger partial charge in [0.15, 0.2) is 0 Å². The summed E-state index contributed by atoms with van der Waals surface area (Å²) >= 11 is 0. The van der Waals surface area contributed by atoms with Crippen molar-refractivity contribution >= 4 is 20.2 Å². The largest absolute Gasteiger partial charge is 0.270 e. The Balaban J connectivity index is 1.70. The molecule has 0 heterocycles. The molecule has 0 aliphatic heterocycles. The van der Waals surface area contributed by atoms with Crippen LogP contribution >= 0.6 is 0 Å². The van der Waals surface area contributed by atoms with Crippen molar-refractivity contribution in [2.24, 2.45) is 34.5 Å². The molecule has 1 fully saturated rings. The van der Waals surface area contributed by atoms with Crippen LogP contribution in [0.25, 0.3) is 0 Å². The number of allylic oxidation sites excluding steroid dienone is 6. The van der Waals surface area contributed by atoms with E-state index in [0.717, 1.165) is 25.4 Å². The molecule has 0 saturated heterocycles. The molecule has 0 spiro atoms. The van der Waals surface area contributed by atoms with E-state index in [9.17, 15) is 16.8 Å². The molecule has 5 rings (SSSR count). The Morgan fingerprint density at radius 2 is 1.19 bits per heavy atom. The Labute approximate surface area is 155 Å². The minimum absolute atomic E-state index is 0.0196. The smallest absolute Gasteiger partial charge is 0.264 e. The molecule has 8 heteroatoms. The normalized spacial score (nSPS) is 43.0. The maximum atomic E-state index is 11.6. The molecule has 0 aromatic heterocycles. The zero-order chi connectivity index (χ0) is 18.8. The van der Waals surface area contributed by atoms with Crippen LogP contribution in [0.4, 0.5) is 0 Å². The van der Waals surface area contributed by atoms with E-state index in [0.29, 0.717) is 0 Å². The Kier molecular flexibility index (Phi) is 4.08. The molecular weight excluding hydrogens is 376 g/mol. The second-order valence-electron chi connectivity index (χ2n) is 8.04. The van der Waals surface area contributed by atoms with Gasteiger partial charge in [0, 0.05) is 10.8 Å². The second kappa shape index (κ2) is 5.77. The fourth-order valence-corrected chi connectivity index (χ4v) is 6.53. The van der Waals surface area contributed by atoms with Gasteiger partial charge < -0.3 is 0 Å². The van der Waals surface area contributed by atoms with Crippen molar-refractivity contribution < 1.29 is 25.2 Å². The molecule has 0 unspecified atom stereocenters. The number of hydrogen-bond acceptors (Lipinski definition) is 6. The third-order valence-corrected chi connectivity index (χ3v) is 7.89. The van der Waals surface area contributed by atoms with Gasteiger partial charge in [-0.15, -0.1) is 0 Å². The van der Waals surface area contributed by atoms with Gasteiger partial charge in [-0.1, -0.05) is 36.5 Å². The molecule has 5 aliphatic rings.